The predicted molar refractivity (Wildman–Crippen MR) is 93.4 cm³/mol. The van der Waals surface area contributed by atoms with Crippen molar-refractivity contribution in [1.29, 1.82) is 0 Å². The SMILES string of the molecule is CC1(C)CC(C)(C)[C@]2(C=Nc3cc4ccccc4cc3O2)N1[OH2+]. The monoisotopic (exact) mass is 311 g/mol. The Labute approximate surface area is 136 Å². The summed E-state index contributed by atoms with van der Waals surface area (Å²) in [5.41, 5.74) is -0.454. The third-order valence-electron chi connectivity index (χ3n) is 5.25. The van der Waals surface area contributed by atoms with Crippen molar-refractivity contribution in [1.82, 2.24) is 5.06 Å². The van der Waals surface area contributed by atoms with E-state index in [1.807, 2.05) is 24.4 Å². The van der Waals surface area contributed by atoms with Gasteiger partial charge in [-0.05, 0) is 48.2 Å². The maximum Gasteiger partial charge on any atom is 0.265 e. The summed E-state index contributed by atoms with van der Waals surface area (Å²) in [5.74, 6) is 0.759. The standard InChI is InChI=1S/C19H22N2O2/c1-17(2)11-18(3,4)21(22)19(17)12-20-15-9-13-7-5-6-8-14(13)10-16(15)23-19/h5-10,12,22H,11H2,1-4H3/p+1/t19-/m1/s1. The van der Waals surface area contributed by atoms with Crippen molar-refractivity contribution >= 4 is 22.7 Å². The van der Waals surface area contributed by atoms with Crippen LogP contribution in [0.1, 0.15) is 34.1 Å². The van der Waals surface area contributed by atoms with Crippen LogP contribution in [-0.4, -0.2) is 27.7 Å². The highest BCUT2D eigenvalue weighted by atomic mass is 16.6. The number of rotatable bonds is 0. The summed E-state index contributed by atoms with van der Waals surface area (Å²) < 4.78 is 6.44. The minimum Gasteiger partial charge on any atom is -0.458 e. The Bertz CT molecular complexity index is 825. The number of hydroxylamine groups is 2. The number of fused-ring (bicyclic) bond motifs is 2. The molecule has 2 aliphatic heterocycles. The highest BCUT2D eigenvalue weighted by molar-refractivity contribution is 5.90. The second kappa shape index (κ2) is 4.34. The third kappa shape index (κ3) is 1.88. The molecule has 23 heavy (non-hydrogen) atoms. The quantitative estimate of drug-likeness (QED) is 0.695. The number of aliphatic imine (C=N–C) groups is 1. The van der Waals surface area contributed by atoms with Gasteiger partial charge in [0.25, 0.3) is 5.72 Å². The van der Waals surface area contributed by atoms with Gasteiger partial charge in [0.05, 0.1) is 11.8 Å². The Morgan fingerprint density at radius 1 is 1.09 bits per heavy atom. The number of hydrogen-bond acceptors (Lipinski definition) is 3. The number of benzene rings is 2. The van der Waals surface area contributed by atoms with Crippen molar-refractivity contribution < 1.29 is 9.94 Å². The summed E-state index contributed by atoms with van der Waals surface area (Å²) in [7, 11) is 0. The lowest BCUT2D eigenvalue weighted by atomic mass is 9.79. The fourth-order valence-electron chi connectivity index (χ4n) is 4.20. The molecule has 2 aromatic rings. The van der Waals surface area contributed by atoms with Gasteiger partial charge in [0.1, 0.15) is 11.4 Å². The fourth-order valence-corrected chi connectivity index (χ4v) is 4.20. The van der Waals surface area contributed by atoms with Crippen LogP contribution in [0.3, 0.4) is 0 Å². The van der Waals surface area contributed by atoms with Crippen molar-refractivity contribution in [2.75, 3.05) is 0 Å². The molecule has 120 valence electrons. The Kier molecular flexibility index (Phi) is 2.77. The molecule has 0 aliphatic carbocycles. The first-order chi connectivity index (χ1) is 10.8. The summed E-state index contributed by atoms with van der Waals surface area (Å²) in [6.45, 7) is 8.48. The van der Waals surface area contributed by atoms with Gasteiger partial charge in [-0.3, -0.25) is 4.99 Å². The average molecular weight is 311 g/mol. The molecule has 1 fully saturated rings. The van der Waals surface area contributed by atoms with Crippen LogP contribution in [0.4, 0.5) is 5.69 Å². The fraction of sp³-hybridized carbons (Fsp3) is 0.421. The molecular formula is C19H23N2O2+. The molecule has 0 saturated carbocycles. The molecule has 0 aromatic heterocycles. The van der Waals surface area contributed by atoms with E-state index in [1.165, 1.54) is 0 Å². The molecule has 1 spiro atoms. The van der Waals surface area contributed by atoms with Gasteiger partial charge in [-0.2, -0.15) is 0 Å². The van der Waals surface area contributed by atoms with E-state index in [4.69, 9.17) is 9.94 Å². The zero-order valence-electron chi connectivity index (χ0n) is 14.1. The molecule has 1 atom stereocenters. The van der Waals surface area contributed by atoms with E-state index in [9.17, 15) is 0 Å². The lowest BCUT2D eigenvalue weighted by Crippen LogP contribution is -2.60. The molecule has 0 radical (unpaired) electrons. The predicted octanol–water partition coefficient (Wildman–Crippen LogP) is 3.78. The summed E-state index contributed by atoms with van der Waals surface area (Å²) in [6, 6.07) is 12.3. The van der Waals surface area contributed by atoms with Crippen LogP contribution in [0.2, 0.25) is 0 Å². The lowest BCUT2D eigenvalue weighted by Gasteiger charge is -2.40. The largest absolute Gasteiger partial charge is 0.458 e. The van der Waals surface area contributed by atoms with Gasteiger partial charge < -0.3 is 9.94 Å². The van der Waals surface area contributed by atoms with Gasteiger partial charge in [0, 0.05) is 5.41 Å². The minimum atomic E-state index is -0.827. The lowest BCUT2D eigenvalue weighted by molar-refractivity contribution is -0.249. The van der Waals surface area contributed by atoms with Crippen molar-refractivity contribution in [2.45, 2.75) is 45.4 Å². The smallest absolute Gasteiger partial charge is 0.265 e. The van der Waals surface area contributed by atoms with Gasteiger partial charge >= 0.3 is 0 Å². The highest BCUT2D eigenvalue weighted by Crippen LogP contribution is 2.54. The van der Waals surface area contributed by atoms with Crippen molar-refractivity contribution in [3.05, 3.63) is 36.4 Å². The number of hydrogen-bond donors (Lipinski definition) is 0. The molecule has 2 N–H and O–H groups in total. The first-order valence-electron chi connectivity index (χ1n) is 8.04. The Morgan fingerprint density at radius 2 is 1.74 bits per heavy atom. The zero-order valence-corrected chi connectivity index (χ0v) is 14.1. The van der Waals surface area contributed by atoms with Gasteiger partial charge in [0.2, 0.25) is 0 Å². The zero-order chi connectivity index (χ0) is 16.5. The average Bonchev–Trinajstić information content (AvgIpc) is 2.62. The van der Waals surface area contributed by atoms with Crippen molar-refractivity contribution in [3.63, 3.8) is 0 Å². The first kappa shape index (κ1) is 14.7. The van der Waals surface area contributed by atoms with Gasteiger partial charge in [-0.15, -0.1) is 0 Å². The molecule has 0 unspecified atom stereocenters. The van der Waals surface area contributed by atoms with Crippen LogP contribution < -0.4 is 4.74 Å². The normalized spacial score (nSPS) is 28.0. The highest BCUT2D eigenvalue weighted by Gasteiger charge is 2.67. The summed E-state index contributed by atoms with van der Waals surface area (Å²) >= 11 is 0. The number of nitrogens with zero attached hydrogens (tertiary/aromatic N) is 2. The van der Waals surface area contributed by atoms with Crippen LogP contribution in [0.15, 0.2) is 41.4 Å². The van der Waals surface area contributed by atoms with E-state index >= 15 is 0 Å². The maximum absolute atomic E-state index is 8.65. The van der Waals surface area contributed by atoms with Crippen LogP contribution in [0.25, 0.3) is 10.8 Å². The molecule has 4 heteroatoms. The van der Waals surface area contributed by atoms with Gasteiger partial charge in [-0.25, -0.2) is 0 Å². The van der Waals surface area contributed by atoms with E-state index in [1.54, 1.807) is 5.06 Å². The van der Waals surface area contributed by atoms with E-state index in [-0.39, 0.29) is 11.0 Å². The Hall–Kier alpha value is -1.91. The molecule has 4 rings (SSSR count). The van der Waals surface area contributed by atoms with E-state index in [2.05, 4.69) is 50.9 Å². The first-order valence-corrected chi connectivity index (χ1v) is 8.04. The van der Waals surface area contributed by atoms with Crippen LogP contribution in [-0.2, 0) is 0 Å². The number of ether oxygens (including phenoxy) is 1. The molecular weight excluding hydrogens is 288 g/mol. The topological polar surface area (TPSA) is 47.7 Å². The van der Waals surface area contributed by atoms with Crippen LogP contribution in [0, 0.1) is 5.41 Å². The summed E-state index contributed by atoms with van der Waals surface area (Å²) in [4.78, 5) is 4.68. The van der Waals surface area contributed by atoms with E-state index in [0.29, 0.717) is 0 Å². The maximum atomic E-state index is 8.65. The van der Waals surface area contributed by atoms with Crippen molar-refractivity contribution in [2.24, 2.45) is 10.4 Å². The second-order valence-corrected chi connectivity index (χ2v) is 7.93. The Morgan fingerprint density at radius 3 is 2.35 bits per heavy atom. The van der Waals surface area contributed by atoms with E-state index < -0.39 is 5.72 Å². The van der Waals surface area contributed by atoms with Crippen LogP contribution >= 0.6 is 0 Å². The molecule has 1 saturated heterocycles. The second-order valence-electron chi connectivity index (χ2n) is 7.93. The molecule has 2 aliphatic rings. The molecule has 0 bridgehead atoms. The molecule has 0 amide bonds. The molecule has 4 nitrogen and oxygen atoms in total. The molecule has 2 heterocycles. The summed E-state index contributed by atoms with van der Waals surface area (Å²) in [6.07, 6.45) is 2.70. The van der Waals surface area contributed by atoms with Crippen molar-refractivity contribution in [3.8, 4) is 5.75 Å². The third-order valence-corrected chi connectivity index (χ3v) is 5.25. The van der Waals surface area contributed by atoms with E-state index in [0.717, 1.165) is 28.6 Å². The van der Waals surface area contributed by atoms with Gasteiger partial charge in [-0.1, -0.05) is 38.1 Å². The Balaban J connectivity index is 1.87. The van der Waals surface area contributed by atoms with Crippen LogP contribution in [0.5, 0.6) is 5.75 Å². The summed E-state index contributed by atoms with van der Waals surface area (Å²) in [5, 5.41) is 12.5. The van der Waals surface area contributed by atoms with Gasteiger partial charge in [0.15, 0.2) is 0 Å². The minimum absolute atomic E-state index is 0.203. The molecule has 2 aromatic carbocycles.